The first-order chi connectivity index (χ1) is 9.80. The molecular formula is C16H21N3O. The van der Waals surface area contributed by atoms with Crippen molar-refractivity contribution in [1.29, 1.82) is 0 Å². The molecule has 0 aliphatic carbocycles. The molecule has 0 saturated heterocycles. The lowest BCUT2D eigenvalue weighted by Crippen LogP contribution is -2.18. The van der Waals surface area contributed by atoms with E-state index >= 15 is 0 Å². The first kappa shape index (κ1) is 13.3. The fourth-order valence-electron chi connectivity index (χ4n) is 2.72. The van der Waals surface area contributed by atoms with Crippen molar-refractivity contribution in [1.82, 2.24) is 15.1 Å². The zero-order chi connectivity index (χ0) is 13.9. The lowest BCUT2D eigenvalue weighted by atomic mass is 9.97. The second-order valence-corrected chi connectivity index (χ2v) is 5.27. The van der Waals surface area contributed by atoms with Gasteiger partial charge in [0.15, 0.2) is 0 Å². The van der Waals surface area contributed by atoms with Crippen molar-refractivity contribution < 1.29 is 4.74 Å². The van der Waals surface area contributed by atoms with Gasteiger partial charge in [0, 0.05) is 18.8 Å². The molecule has 4 nitrogen and oxygen atoms in total. The highest BCUT2D eigenvalue weighted by atomic mass is 16.5. The van der Waals surface area contributed by atoms with Crippen LogP contribution in [0.4, 0.5) is 0 Å². The molecule has 0 bridgehead atoms. The van der Waals surface area contributed by atoms with Gasteiger partial charge in [-0.15, -0.1) is 0 Å². The minimum atomic E-state index is 0.315. The Morgan fingerprint density at radius 3 is 2.95 bits per heavy atom. The van der Waals surface area contributed by atoms with E-state index in [9.17, 15) is 0 Å². The maximum atomic E-state index is 5.49. The van der Waals surface area contributed by atoms with Crippen LogP contribution in [-0.4, -0.2) is 16.8 Å². The average Bonchev–Trinajstić information content (AvgIpc) is 3.12. The van der Waals surface area contributed by atoms with E-state index in [1.165, 1.54) is 22.3 Å². The molecule has 1 aliphatic heterocycles. The van der Waals surface area contributed by atoms with Crippen LogP contribution in [0.1, 0.15) is 35.2 Å². The lowest BCUT2D eigenvalue weighted by Gasteiger charge is -2.16. The normalized spacial score (nSPS) is 15.3. The number of ether oxygens (including phenoxy) is 1. The molecule has 1 unspecified atom stereocenters. The molecule has 106 valence electrons. The highest BCUT2D eigenvalue weighted by Gasteiger charge is 2.16. The Hall–Kier alpha value is -1.65. The van der Waals surface area contributed by atoms with Gasteiger partial charge in [0.05, 0.1) is 19.4 Å². The van der Waals surface area contributed by atoms with E-state index in [-0.39, 0.29) is 0 Å². The average molecular weight is 271 g/mol. The van der Waals surface area contributed by atoms with Crippen LogP contribution in [0.25, 0.3) is 0 Å². The zero-order valence-electron chi connectivity index (χ0n) is 12.1. The zero-order valence-corrected chi connectivity index (χ0v) is 12.1. The SMILES string of the molecule is CCn1cc(CC(NC)c2ccc3c(c2)COC3)cn1. The predicted molar refractivity (Wildman–Crippen MR) is 78.3 cm³/mol. The van der Waals surface area contributed by atoms with Gasteiger partial charge in [0.25, 0.3) is 0 Å². The third-order valence-electron chi connectivity index (χ3n) is 3.95. The number of benzene rings is 1. The summed E-state index contributed by atoms with van der Waals surface area (Å²) in [7, 11) is 2.01. The summed E-state index contributed by atoms with van der Waals surface area (Å²) in [6.45, 7) is 4.52. The standard InChI is InChI=1S/C16H21N3O/c1-3-19-9-12(8-18-19)6-16(17-2)13-4-5-14-10-20-11-15(14)7-13/h4-5,7-9,16-17H,3,6,10-11H2,1-2H3. The van der Waals surface area contributed by atoms with Crippen LogP contribution in [-0.2, 0) is 30.9 Å². The summed E-state index contributed by atoms with van der Waals surface area (Å²) < 4.78 is 7.46. The Bertz CT molecular complexity index is 591. The van der Waals surface area contributed by atoms with Gasteiger partial charge in [-0.2, -0.15) is 5.10 Å². The quantitative estimate of drug-likeness (QED) is 0.908. The van der Waals surface area contributed by atoms with Gasteiger partial charge in [0.2, 0.25) is 0 Å². The molecule has 4 heteroatoms. The molecule has 1 aromatic heterocycles. The molecule has 2 heterocycles. The van der Waals surface area contributed by atoms with Crippen molar-refractivity contribution in [2.45, 2.75) is 39.1 Å². The molecule has 3 rings (SSSR count). The van der Waals surface area contributed by atoms with Gasteiger partial charge in [0.1, 0.15) is 0 Å². The molecular weight excluding hydrogens is 250 g/mol. The van der Waals surface area contributed by atoms with Crippen molar-refractivity contribution in [2.75, 3.05) is 7.05 Å². The topological polar surface area (TPSA) is 39.1 Å². The fraction of sp³-hybridized carbons (Fsp3) is 0.438. The molecule has 1 atom stereocenters. The second kappa shape index (κ2) is 5.77. The van der Waals surface area contributed by atoms with Crippen LogP contribution in [0.5, 0.6) is 0 Å². The summed E-state index contributed by atoms with van der Waals surface area (Å²) in [5, 5.41) is 7.75. The summed E-state index contributed by atoms with van der Waals surface area (Å²) in [6, 6.07) is 6.99. The molecule has 0 saturated carbocycles. The smallest absolute Gasteiger partial charge is 0.0725 e. The summed E-state index contributed by atoms with van der Waals surface area (Å²) in [6.07, 6.45) is 5.04. The molecule has 0 fully saturated rings. The van der Waals surface area contributed by atoms with Crippen molar-refractivity contribution in [3.63, 3.8) is 0 Å². The van der Waals surface area contributed by atoms with Crippen LogP contribution in [0, 0.1) is 0 Å². The maximum Gasteiger partial charge on any atom is 0.0725 e. The number of fused-ring (bicyclic) bond motifs is 1. The first-order valence-electron chi connectivity index (χ1n) is 7.18. The highest BCUT2D eigenvalue weighted by molar-refractivity contribution is 5.35. The van der Waals surface area contributed by atoms with Gasteiger partial charge < -0.3 is 10.1 Å². The monoisotopic (exact) mass is 271 g/mol. The molecule has 1 aliphatic rings. The molecule has 0 spiro atoms. The van der Waals surface area contributed by atoms with Gasteiger partial charge in [-0.3, -0.25) is 4.68 Å². The van der Waals surface area contributed by atoms with E-state index in [1.54, 1.807) is 0 Å². The number of hydrogen-bond donors (Lipinski definition) is 1. The number of aromatic nitrogens is 2. The molecule has 0 radical (unpaired) electrons. The van der Waals surface area contributed by atoms with Crippen LogP contribution in [0.2, 0.25) is 0 Å². The van der Waals surface area contributed by atoms with E-state index in [1.807, 2.05) is 17.9 Å². The first-order valence-corrected chi connectivity index (χ1v) is 7.18. The number of aryl methyl sites for hydroxylation is 1. The molecule has 1 aromatic carbocycles. The van der Waals surface area contributed by atoms with E-state index in [2.05, 4.69) is 41.7 Å². The van der Waals surface area contributed by atoms with Crippen molar-refractivity contribution in [3.8, 4) is 0 Å². The van der Waals surface area contributed by atoms with Crippen LogP contribution >= 0.6 is 0 Å². The minimum absolute atomic E-state index is 0.315. The Morgan fingerprint density at radius 1 is 1.35 bits per heavy atom. The van der Waals surface area contributed by atoms with Gasteiger partial charge in [-0.1, -0.05) is 18.2 Å². The third kappa shape index (κ3) is 2.62. The highest BCUT2D eigenvalue weighted by Crippen LogP contribution is 2.25. The van der Waals surface area contributed by atoms with Crippen molar-refractivity contribution >= 4 is 0 Å². The molecule has 20 heavy (non-hydrogen) atoms. The van der Waals surface area contributed by atoms with Crippen molar-refractivity contribution in [2.24, 2.45) is 0 Å². The number of rotatable bonds is 5. The molecule has 2 aromatic rings. The second-order valence-electron chi connectivity index (χ2n) is 5.27. The fourth-order valence-corrected chi connectivity index (χ4v) is 2.72. The van der Waals surface area contributed by atoms with Gasteiger partial charge >= 0.3 is 0 Å². The number of likely N-dealkylation sites (N-methyl/N-ethyl adjacent to an activating group) is 1. The van der Waals surface area contributed by atoms with Crippen LogP contribution in [0.3, 0.4) is 0 Å². The van der Waals surface area contributed by atoms with Gasteiger partial charge in [-0.05, 0) is 42.6 Å². The van der Waals surface area contributed by atoms with E-state index in [0.29, 0.717) is 6.04 Å². The minimum Gasteiger partial charge on any atom is -0.372 e. The van der Waals surface area contributed by atoms with Crippen molar-refractivity contribution in [3.05, 3.63) is 52.8 Å². The predicted octanol–water partition coefficient (Wildman–Crippen LogP) is 2.44. The number of hydrogen-bond acceptors (Lipinski definition) is 3. The summed E-state index contributed by atoms with van der Waals surface area (Å²) in [5.41, 5.74) is 5.23. The van der Waals surface area contributed by atoms with E-state index in [4.69, 9.17) is 4.74 Å². The Balaban J connectivity index is 1.79. The van der Waals surface area contributed by atoms with E-state index in [0.717, 1.165) is 26.2 Å². The Kier molecular flexibility index (Phi) is 3.85. The lowest BCUT2D eigenvalue weighted by molar-refractivity contribution is 0.134. The molecule has 0 amide bonds. The summed E-state index contributed by atoms with van der Waals surface area (Å²) in [4.78, 5) is 0. The number of nitrogens with one attached hydrogen (secondary N) is 1. The summed E-state index contributed by atoms with van der Waals surface area (Å²) in [5.74, 6) is 0. The van der Waals surface area contributed by atoms with Crippen LogP contribution < -0.4 is 5.32 Å². The van der Waals surface area contributed by atoms with E-state index < -0.39 is 0 Å². The van der Waals surface area contributed by atoms with Crippen LogP contribution in [0.15, 0.2) is 30.6 Å². The summed E-state index contributed by atoms with van der Waals surface area (Å²) >= 11 is 0. The molecule has 1 N–H and O–H groups in total. The largest absolute Gasteiger partial charge is 0.372 e. The Morgan fingerprint density at radius 2 is 2.20 bits per heavy atom. The van der Waals surface area contributed by atoms with Gasteiger partial charge in [-0.25, -0.2) is 0 Å². The Labute approximate surface area is 119 Å². The number of nitrogens with zero attached hydrogens (tertiary/aromatic N) is 2. The third-order valence-corrected chi connectivity index (χ3v) is 3.95. The maximum absolute atomic E-state index is 5.49.